The standard InChI is InChI=1S/C25H22ClNO4/c26-14-23(24(28)30-15-17-7-2-1-3-8-17)27-25(29)31-16-19-10-6-12-21-20-11-5-4-9-18(20)13-22(19)21/h1-12,23H,13-16H2,(H,27,29)/t23-/m0/s1. The van der Waals surface area contributed by atoms with Gasteiger partial charge < -0.3 is 14.8 Å². The average molecular weight is 436 g/mol. The van der Waals surface area contributed by atoms with Gasteiger partial charge in [0.05, 0.1) is 5.88 Å². The fourth-order valence-electron chi connectivity index (χ4n) is 3.68. The van der Waals surface area contributed by atoms with Gasteiger partial charge >= 0.3 is 12.1 Å². The van der Waals surface area contributed by atoms with Gasteiger partial charge in [0.25, 0.3) is 0 Å². The van der Waals surface area contributed by atoms with Crippen LogP contribution >= 0.6 is 11.6 Å². The van der Waals surface area contributed by atoms with Gasteiger partial charge in [0, 0.05) is 0 Å². The van der Waals surface area contributed by atoms with Gasteiger partial charge in [-0.3, -0.25) is 0 Å². The summed E-state index contributed by atoms with van der Waals surface area (Å²) in [7, 11) is 0. The summed E-state index contributed by atoms with van der Waals surface area (Å²) in [5, 5.41) is 2.49. The molecule has 0 fully saturated rings. The Morgan fingerprint density at radius 2 is 1.61 bits per heavy atom. The topological polar surface area (TPSA) is 64.6 Å². The second-order valence-corrected chi connectivity index (χ2v) is 7.61. The van der Waals surface area contributed by atoms with Crippen molar-refractivity contribution < 1.29 is 19.1 Å². The summed E-state index contributed by atoms with van der Waals surface area (Å²) in [5.41, 5.74) is 6.60. The molecule has 0 radical (unpaired) electrons. The lowest BCUT2D eigenvalue weighted by atomic mass is 10.0. The SMILES string of the molecule is O=C(N[C@@H](CCl)C(=O)OCc1ccccc1)OCc1cccc2c1Cc1ccccc1-2. The van der Waals surface area contributed by atoms with Gasteiger partial charge in [0.2, 0.25) is 0 Å². The molecule has 1 atom stereocenters. The van der Waals surface area contributed by atoms with Gasteiger partial charge in [0.1, 0.15) is 19.3 Å². The number of alkyl halides is 1. The van der Waals surface area contributed by atoms with E-state index in [-0.39, 0.29) is 19.1 Å². The molecular formula is C25H22ClNO4. The number of hydrogen-bond donors (Lipinski definition) is 1. The van der Waals surface area contributed by atoms with Crippen molar-refractivity contribution in [3.05, 3.63) is 95.1 Å². The van der Waals surface area contributed by atoms with Crippen LogP contribution in [0, 0.1) is 0 Å². The van der Waals surface area contributed by atoms with Crippen LogP contribution in [0.4, 0.5) is 4.79 Å². The highest BCUT2D eigenvalue weighted by atomic mass is 35.5. The number of rotatable bonds is 7. The third-order valence-corrected chi connectivity index (χ3v) is 5.57. The first-order valence-corrected chi connectivity index (χ1v) is 10.6. The summed E-state index contributed by atoms with van der Waals surface area (Å²) in [6, 6.07) is 22.6. The molecule has 1 aliphatic carbocycles. The van der Waals surface area contributed by atoms with E-state index in [4.69, 9.17) is 21.1 Å². The number of carbonyl (C=O) groups excluding carboxylic acids is 2. The Labute approximate surface area is 185 Å². The molecule has 0 bridgehead atoms. The molecule has 0 aliphatic heterocycles. The number of ether oxygens (including phenoxy) is 2. The number of fused-ring (bicyclic) bond motifs is 3. The third kappa shape index (κ3) is 4.89. The van der Waals surface area contributed by atoms with Crippen LogP contribution < -0.4 is 5.32 Å². The Morgan fingerprint density at radius 3 is 2.42 bits per heavy atom. The lowest BCUT2D eigenvalue weighted by Gasteiger charge is -2.16. The summed E-state index contributed by atoms with van der Waals surface area (Å²) in [5.74, 6) is -0.717. The number of amides is 1. The Balaban J connectivity index is 1.32. The first kappa shape index (κ1) is 20.9. The molecule has 0 aromatic heterocycles. The van der Waals surface area contributed by atoms with Crippen molar-refractivity contribution in [3.63, 3.8) is 0 Å². The Kier molecular flexibility index (Phi) is 6.53. The van der Waals surface area contributed by atoms with Crippen molar-refractivity contribution in [1.29, 1.82) is 0 Å². The van der Waals surface area contributed by atoms with Crippen molar-refractivity contribution in [1.82, 2.24) is 5.32 Å². The van der Waals surface area contributed by atoms with Crippen LogP contribution in [-0.2, 0) is 33.9 Å². The Hall–Kier alpha value is -3.31. The number of benzene rings is 3. The van der Waals surface area contributed by atoms with Crippen LogP contribution in [0.1, 0.15) is 22.3 Å². The van der Waals surface area contributed by atoms with E-state index in [1.807, 2.05) is 54.6 Å². The summed E-state index contributed by atoms with van der Waals surface area (Å²) >= 11 is 5.86. The zero-order valence-electron chi connectivity index (χ0n) is 16.8. The number of hydrogen-bond acceptors (Lipinski definition) is 4. The molecule has 5 nitrogen and oxygen atoms in total. The molecule has 3 aromatic rings. The molecule has 4 rings (SSSR count). The predicted octanol–water partition coefficient (Wildman–Crippen LogP) is 4.83. The molecule has 0 unspecified atom stereocenters. The molecule has 0 saturated carbocycles. The molecule has 0 spiro atoms. The largest absolute Gasteiger partial charge is 0.459 e. The van der Waals surface area contributed by atoms with E-state index in [0.29, 0.717) is 0 Å². The Bertz CT molecular complexity index is 1080. The van der Waals surface area contributed by atoms with Gasteiger partial charge in [-0.25, -0.2) is 9.59 Å². The van der Waals surface area contributed by atoms with Crippen LogP contribution in [0.3, 0.4) is 0 Å². The first-order valence-electron chi connectivity index (χ1n) is 10.0. The van der Waals surface area contributed by atoms with Crippen LogP contribution in [0.15, 0.2) is 72.8 Å². The maximum absolute atomic E-state index is 12.3. The fourth-order valence-corrected chi connectivity index (χ4v) is 3.88. The quantitative estimate of drug-likeness (QED) is 0.333. The minimum Gasteiger partial charge on any atom is -0.459 e. The van der Waals surface area contributed by atoms with Crippen LogP contribution in [0.5, 0.6) is 0 Å². The second-order valence-electron chi connectivity index (χ2n) is 7.30. The van der Waals surface area contributed by atoms with E-state index in [9.17, 15) is 9.59 Å². The highest BCUT2D eigenvalue weighted by molar-refractivity contribution is 6.19. The van der Waals surface area contributed by atoms with E-state index in [1.54, 1.807) is 0 Å². The lowest BCUT2D eigenvalue weighted by molar-refractivity contribution is -0.146. The molecule has 1 amide bonds. The van der Waals surface area contributed by atoms with Crippen LogP contribution in [0.2, 0.25) is 0 Å². The van der Waals surface area contributed by atoms with E-state index in [1.165, 1.54) is 16.7 Å². The number of carbonyl (C=O) groups is 2. The third-order valence-electron chi connectivity index (χ3n) is 5.26. The van der Waals surface area contributed by atoms with Crippen molar-refractivity contribution in [2.24, 2.45) is 0 Å². The molecule has 6 heteroatoms. The first-order chi connectivity index (χ1) is 15.2. The van der Waals surface area contributed by atoms with E-state index in [0.717, 1.165) is 23.1 Å². The maximum Gasteiger partial charge on any atom is 0.408 e. The highest BCUT2D eigenvalue weighted by Gasteiger charge is 2.24. The van der Waals surface area contributed by atoms with Gasteiger partial charge in [-0.05, 0) is 39.8 Å². The zero-order chi connectivity index (χ0) is 21.6. The second kappa shape index (κ2) is 9.67. The highest BCUT2D eigenvalue weighted by Crippen LogP contribution is 2.38. The van der Waals surface area contributed by atoms with Gasteiger partial charge in [-0.15, -0.1) is 11.6 Å². The van der Waals surface area contributed by atoms with Crippen molar-refractivity contribution >= 4 is 23.7 Å². The molecule has 31 heavy (non-hydrogen) atoms. The summed E-state index contributed by atoms with van der Waals surface area (Å²) < 4.78 is 10.6. The maximum atomic E-state index is 12.3. The number of nitrogens with one attached hydrogen (secondary N) is 1. The van der Waals surface area contributed by atoms with Crippen LogP contribution in [-0.4, -0.2) is 24.0 Å². The minimum absolute atomic E-state index is 0.108. The molecule has 3 aromatic carbocycles. The van der Waals surface area contributed by atoms with E-state index < -0.39 is 18.1 Å². The molecule has 0 heterocycles. The van der Waals surface area contributed by atoms with Gasteiger partial charge in [0.15, 0.2) is 0 Å². The van der Waals surface area contributed by atoms with Crippen molar-refractivity contribution in [2.45, 2.75) is 25.7 Å². The normalized spacial score (nSPS) is 12.4. The monoisotopic (exact) mass is 435 g/mol. The van der Waals surface area contributed by atoms with E-state index in [2.05, 4.69) is 23.5 Å². The molecule has 158 valence electrons. The molecule has 1 aliphatic rings. The fraction of sp³-hybridized carbons (Fsp3) is 0.200. The smallest absolute Gasteiger partial charge is 0.408 e. The number of esters is 1. The number of alkyl carbamates (subject to hydrolysis) is 1. The summed E-state index contributed by atoms with van der Waals surface area (Å²) in [4.78, 5) is 24.5. The van der Waals surface area contributed by atoms with Crippen molar-refractivity contribution in [2.75, 3.05) is 5.88 Å². The average Bonchev–Trinajstić information content (AvgIpc) is 3.19. The zero-order valence-corrected chi connectivity index (χ0v) is 17.6. The molecule has 0 saturated heterocycles. The van der Waals surface area contributed by atoms with E-state index >= 15 is 0 Å². The van der Waals surface area contributed by atoms with Crippen LogP contribution in [0.25, 0.3) is 11.1 Å². The summed E-state index contributed by atoms with van der Waals surface area (Å²) in [6.07, 6.45) is 0.0957. The number of halogens is 1. The molecular weight excluding hydrogens is 414 g/mol. The van der Waals surface area contributed by atoms with Gasteiger partial charge in [-0.1, -0.05) is 72.8 Å². The molecule has 1 N–H and O–H groups in total. The summed E-state index contributed by atoms with van der Waals surface area (Å²) in [6.45, 7) is 0.220. The lowest BCUT2D eigenvalue weighted by Crippen LogP contribution is -2.43. The van der Waals surface area contributed by atoms with Crippen molar-refractivity contribution in [3.8, 4) is 11.1 Å². The Morgan fingerprint density at radius 1 is 0.871 bits per heavy atom. The van der Waals surface area contributed by atoms with Gasteiger partial charge in [-0.2, -0.15) is 0 Å². The predicted molar refractivity (Wildman–Crippen MR) is 119 cm³/mol. The minimum atomic E-state index is -0.983.